The molecule has 4 aromatic carbocycles. The van der Waals surface area contributed by atoms with E-state index in [1.165, 1.54) is 21.2 Å². The molecule has 0 bridgehead atoms. The molecule has 0 aromatic heterocycles. The molecular weight excluding hydrogens is 1060 g/mol. The third kappa shape index (κ3) is 8.85. The zero-order chi connectivity index (χ0) is 23.3. The number of rotatable bonds is 4. The molecule has 0 unspecified atom stereocenters. The monoisotopic (exact) mass is 1090 g/mol. The molecule has 0 fully saturated rings. The summed E-state index contributed by atoms with van der Waals surface area (Å²) in [6.07, 6.45) is 0. The van der Waals surface area contributed by atoms with Crippen LogP contribution in [0.25, 0.3) is 0 Å². The average molecular weight is 1090 g/mol. The molecule has 0 N–H and O–H groups in total. The Morgan fingerprint density at radius 3 is 0.686 bits per heavy atom. The fourth-order valence-electron chi connectivity index (χ4n) is 3.38. The van der Waals surface area contributed by atoms with E-state index in [1.54, 1.807) is 0 Å². The first-order valence-corrected chi connectivity index (χ1v) is 20.9. The Balaban J connectivity index is 0.000000608. The van der Waals surface area contributed by atoms with Gasteiger partial charge in [0.25, 0.3) is 0 Å². The van der Waals surface area contributed by atoms with Crippen LogP contribution in [0.2, 0.25) is 0 Å². The van der Waals surface area contributed by atoms with Gasteiger partial charge >= 0.3 is 244 Å². The van der Waals surface area contributed by atoms with Crippen molar-refractivity contribution >= 4 is 73.8 Å². The van der Waals surface area contributed by atoms with Crippen molar-refractivity contribution in [3.05, 3.63) is 155 Å². The molecule has 195 valence electrons. The molecule has 1 radical (unpaired) electrons. The molecule has 0 aliphatic rings. The van der Waals surface area contributed by atoms with E-state index in [-0.39, 0.29) is 52.2 Å². The zero-order valence-electron chi connectivity index (χ0n) is 19.6. The zero-order valence-corrected chi connectivity index (χ0v) is 30.1. The molecule has 0 spiro atoms. The van der Waals surface area contributed by atoms with Crippen molar-refractivity contribution in [3.8, 4) is 0 Å². The summed E-state index contributed by atoms with van der Waals surface area (Å²) in [6, 6.07) is 41.5. The molecule has 0 heterocycles. The first-order chi connectivity index (χ1) is 15.0. The third-order valence-electron chi connectivity index (χ3n) is 5.39. The molecule has 0 aliphatic carbocycles. The molecular formula is C29H31Au2I2P2-2. The van der Waals surface area contributed by atoms with E-state index in [4.69, 9.17) is 0 Å². The third-order valence-corrected chi connectivity index (χ3v) is 18.0. The molecule has 4 aromatic rings. The number of benzene rings is 4. The SMILES string of the molecule is [Au+3].[Au].[CH2-]P([CH2-])(I)(c1ccccc1)c1ccccc1.[CH2-]P([CH2-])(I)(c1ccccc1)c1ccccc1.[CH3-]. The van der Waals surface area contributed by atoms with E-state index in [9.17, 15) is 0 Å². The number of hydrogen-bond donors (Lipinski definition) is 0. The first-order valence-electron chi connectivity index (χ1n) is 10.1. The van der Waals surface area contributed by atoms with Crippen LogP contribution in [0.5, 0.6) is 0 Å². The summed E-state index contributed by atoms with van der Waals surface area (Å²) in [7, 11) is 0. The van der Waals surface area contributed by atoms with Crippen LogP contribution in [0.15, 0.2) is 121 Å². The second-order valence-corrected chi connectivity index (χ2v) is 29.6. The molecule has 0 amide bonds. The Labute approximate surface area is 270 Å². The van der Waals surface area contributed by atoms with E-state index < -0.39 is 8.49 Å². The summed E-state index contributed by atoms with van der Waals surface area (Å²) in [5.41, 5.74) is 0. The van der Waals surface area contributed by atoms with Gasteiger partial charge in [0.05, 0.1) is 0 Å². The van der Waals surface area contributed by atoms with E-state index in [1.807, 2.05) is 24.3 Å². The fourth-order valence-corrected chi connectivity index (χ4v) is 11.3. The van der Waals surface area contributed by atoms with Gasteiger partial charge in [0.2, 0.25) is 0 Å². The van der Waals surface area contributed by atoms with E-state index >= 15 is 0 Å². The summed E-state index contributed by atoms with van der Waals surface area (Å²) >= 11 is 4.90. The fraction of sp³-hybridized carbons (Fsp3) is 0. The maximum atomic E-state index is 4.45. The molecule has 0 aliphatic heterocycles. The smallest absolute Gasteiger partial charge is 0.358 e. The minimum atomic E-state index is -2.46. The summed E-state index contributed by atoms with van der Waals surface area (Å²) < 4.78 is -4.93. The molecule has 0 saturated carbocycles. The topological polar surface area (TPSA) is 0 Å². The van der Waals surface area contributed by atoms with Crippen LogP contribution >= 0.6 is 52.6 Å². The summed E-state index contributed by atoms with van der Waals surface area (Å²) in [6.45, 7) is 17.8. The Morgan fingerprint density at radius 2 is 0.543 bits per heavy atom. The van der Waals surface area contributed by atoms with Crippen molar-refractivity contribution < 1.29 is 44.8 Å². The van der Waals surface area contributed by atoms with Crippen molar-refractivity contribution in [1.82, 2.24) is 0 Å². The van der Waals surface area contributed by atoms with Gasteiger partial charge in [-0.1, -0.05) is 0 Å². The normalized spacial score (nSPS) is 12.9. The average Bonchev–Trinajstić information content (AvgIpc) is 2.81. The Hall–Kier alpha value is 0.681. The number of hydrogen-bond acceptors (Lipinski definition) is 0. The largest absolute Gasteiger partial charge is 0.358 e. The van der Waals surface area contributed by atoms with Crippen LogP contribution in [0, 0.1) is 34.1 Å². The van der Waals surface area contributed by atoms with Crippen LogP contribution in [0.3, 0.4) is 0 Å². The standard InChI is InChI=1S/2C14H14IP.CH3.2Au/c2*1-16(2,15,13-9-5-3-6-10-13)14-11-7-4-8-12-14;;;/h2*3-12H,1-2H2;1H3;;/q2*-2;-1;;+3. The molecule has 0 atom stereocenters. The maximum Gasteiger partial charge on any atom is -0.358 e. The van der Waals surface area contributed by atoms with Crippen molar-refractivity contribution in [1.29, 1.82) is 0 Å². The molecule has 6 heteroatoms. The van der Waals surface area contributed by atoms with Gasteiger partial charge < -0.3 is 7.43 Å². The van der Waals surface area contributed by atoms with Crippen LogP contribution in [-0.4, -0.2) is 0 Å². The van der Waals surface area contributed by atoms with Gasteiger partial charge in [-0.15, -0.1) is 0 Å². The van der Waals surface area contributed by atoms with Crippen molar-refractivity contribution in [2.75, 3.05) is 0 Å². The van der Waals surface area contributed by atoms with Gasteiger partial charge in [-0.05, 0) is 0 Å². The Morgan fingerprint density at radius 1 is 0.400 bits per heavy atom. The van der Waals surface area contributed by atoms with Gasteiger partial charge in [0.15, 0.2) is 0 Å². The summed E-state index contributed by atoms with van der Waals surface area (Å²) in [5.74, 6) is 0. The molecule has 0 nitrogen and oxygen atoms in total. The second-order valence-electron chi connectivity index (χ2n) is 8.09. The van der Waals surface area contributed by atoms with Gasteiger partial charge in [0.1, 0.15) is 0 Å². The molecule has 35 heavy (non-hydrogen) atoms. The first kappa shape index (κ1) is 35.7. The van der Waals surface area contributed by atoms with E-state index in [2.05, 4.69) is 168 Å². The van der Waals surface area contributed by atoms with E-state index in [0.29, 0.717) is 0 Å². The Kier molecular flexibility index (Phi) is 14.5. The van der Waals surface area contributed by atoms with Gasteiger partial charge in [0, 0.05) is 22.4 Å². The van der Waals surface area contributed by atoms with Crippen molar-refractivity contribution in [2.24, 2.45) is 0 Å². The number of halogens is 2. The van der Waals surface area contributed by atoms with Crippen molar-refractivity contribution in [2.45, 2.75) is 0 Å². The van der Waals surface area contributed by atoms with Crippen LogP contribution in [0.1, 0.15) is 0 Å². The summed E-state index contributed by atoms with van der Waals surface area (Å²) in [5, 5.41) is 4.95. The van der Waals surface area contributed by atoms with E-state index in [0.717, 1.165) is 0 Å². The maximum absolute atomic E-state index is 4.45. The van der Waals surface area contributed by atoms with Crippen LogP contribution < -0.4 is 21.2 Å². The van der Waals surface area contributed by atoms with Gasteiger partial charge in [-0.2, -0.15) is 0 Å². The molecule has 4 rings (SSSR count). The quantitative estimate of drug-likeness (QED) is 0.0832. The Bertz CT molecular complexity index is 956. The second kappa shape index (κ2) is 14.2. The minimum absolute atomic E-state index is 0. The minimum Gasteiger partial charge on any atom is -0.358 e. The molecule has 0 saturated heterocycles. The predicted octanol–water partition coefficient (Wildman–Crippen LogP) is 8.69. The van der Waals surface area contributed by atoms with Crippen LogP contribution in [0.4, 0.5) is 0 Å². The van der Waals surface area contributed by atoms with Gasteiger partial charge in [-0.25, -0.2) is 0 Å². The van der Waals surface area contributed by atoms with Crippen molar-refractivity contribution in [3.63, 3.8) is 0 Å². The van der Waals surface area contributed by atoms with Crippen LogP contribution in [-0.2, 0) is 44.8 Å². The van der Waals surface area contributed by atoms with Gasteiger partial charge in [-0.3, -0.25) is 0 Å². The summed E-state index contributed by atoms with van der Waals surface area (Å²) in [4.78, 5) is 0. The predicted molar refractivity (Wildman–Crippen MR) is 174 cm³/mol.